The van der Waals surface area contributed by atoms with Crippen molar-refractivity contribution in [1.82, 2.24) is 0 Å². The van der Waals surface area contributed by atoms with Gasteiger partial charge in [-0.3, -0.25) is 0 Å². The molecule has 0 heterocycles. The highest BCUT2D eigenvalue weighted by molar-refractivity contribution is 4.88. The summed E-state index contributed by atoms with van der Waals surface area (Å²) in [7, 11) is 0. The van der Waals surface area contributed by atoms with Gasteiger partial charge in [0.1, 0.15) is 0 Å². The van der Waals surface area contributed by atoms with Crippen LogP contribution in [0.15, 0.2) is 12.7 Å². The first-order chi connectivity index (χ1) is 11.3. The SMILES string of the molecule is C=CC1CCC(C2CCC(C3CCC(C)CC3)CC2)CC1.CC. The predicted octanol–water partition coefficient (Wildman–Crippen LogP) is 7.64. The maximum Gasteiger partial charge on any atom is -0.0236 e. The summed E-state index contributed by atoms with van der Waals surface area (Å²) in [5, 5.41) is 0. The number of hydrogen-bond donors (Lipinski definition) is 0. The molecule has 0 amide bonds. The van der Waals surface area contributed by atoms with Crippen molar-refractivity contribution in [1.29, 1.82) is 0 Å². The maximum absolute atomic E-state index is 3.99. The van der Waals surface area contributed by atoms with Crippen molar-refractivity contribution < 1.29 is 0 Å². The topological polar surface area (TPSA) is 0 Å². The predicted molar refractivity (Wildman–Crippen MR) is 104 cm³/mol. The van der Waals surface area contributed by atoms with E-state index in [1.54, 1.807) is 38.5 Å². The number of rotatable bonds is 3. The minimum atomic E-state index is 0.835. The highest BCUT2D eigenvalue weighted by Crippen LogP contribution is 2.45. The van der Waals surface area contributed by atoms with Gasteiger partial charge in [-0.1, -0.05) is 39.7 Å². The summed E-state index contributed by atoms with van der Waals surface area (Å²) in [5.41, 5.74) is 0. The molecule has 0 spiro atoms. The molecule has 0 heteroatoms. The minimum absolute atomic E-state index is 0.835. The number of hydrogen-bond acceptors (Lipinski definition) is 0. The van der Waals surface area contributed by atoms with Crippen LogP contribution < -0.4 is 0 Å². The van der Waals surface area contributed by atoms with E-state index >= 15 is 0 Å². The Morgan fingerprint density at radius 3 is 1.22 bits per heavy atom. The molecule has 0 unspecified atom stereocenters. The standard InChI is InChI=1S/C21H36.C2H6/c1-3-17-6-10-19(11-7-17)21-14-12-20(13-15-21)18-8-4-16(2)5-9-18;1-2/h3,16-21H,1,4-15H2,2H3;1-2H3. The molecule has 0 saturated heterocycles. The fraction of sp³-hybridized carbons (Fsp3) is 0.913. The van der Waals surface area contributed by atoms with Gasteiger partial charge >= 0.3 is 0 Å². The lowest BCUT2D eigenvalue weighted by molar-refractivity contribution is 0.110. The Hall–Kier alpha value is -0.260. The molecule has 0 atom stereocenters. The van der Waals surface area contributed by atoms with Crippen LogP contribution in [-0.2, 0) is 0 Å². The van der Waals surface area contributed by atoms with E-state index in [0.717, 1.165) is 35.5 Å². The van der Waals surface area contributed by atoms with Crippen molar-refractivity contribution in [3.05, 3.63) is 12.7 Å². The summed E-state index contributed by atoms with van der Waals surface area (Å²) >= 11 is 0. The normalized spacial score (nSPS) is 41.5. The summed E-state index contributed by atoms with van der Waals surface area (Å²) in [5.74, 6) is 6.18. The van der Waals surface area contributed by atoms with Crippen molar-refractivity contribution in [3.8, 4) is 0 Å². The van der Waals surface area contributed by atoms with Crippen LogP contribution in [-0.4, -0.2) is 0 Å². The maximum atomic E-state index is 3.99. The summed E-state index contributed by atoms with van der Waals surface area (Å²) in [4.78, 5) is 0. The average Bonchev–Trinajstić information content (AvgIpc) is 2.64. The third-order valence-electron chi connectivity index (χ3n) is 7.36. The van der Waals surface area contributed by atoms with E-state index in [-0.39, 0.29) is 0 Å². The van der Waals surface area contributed by atoms with Gasteiger partial charge in [0, 0.05) is 0 Å². The molecule has 3 aliphatic rings. The molecule has 0 aromatic rings. The average molecular weight is 319 g/mol. The first kappa shape index (κ1) is 19.1. The molecule has 3 rings (SSSR count). The molecule has 0 N–H and O–H groups in total. The third kappa shape index (κ3) is 5.36. The van der Waals surface area contributed by atoms with E-state index in [0.29, 0.717) is 0 Å². The second-order valence-electron chi connectivity index (χ2n) is 8.61. The smallest absolute Gasteiger partial charge is 0.0236 e. The van der Waals surface area contributed by atoms with Gasteiger partial charge in [0.2, 0.25) is 0 Å². The van der Waals surface area contributed by atoms with Gasteiger partial charge in [-0.25, -0.2) is 0 Å². The Bertz CT molecular complexity index is 307. The molecule has 0 nitrogen and oxygen atoms in total. The van der Waals surface area contributed by atoms with Gasteiger partial charge in [0.05, 0.1) is 0 Å². The van der Waals surface area contributed by atoms with Crippen molar-refractivity contribution in [3.63, 3.8) is 0 Å². The van der Waals surface area contributed by atoms with Crippen molar-refractivity contribution in [2.75, 3.05) is 0 Å². The molecule has 0 aromatic carbocycles. The fourth-order valence-electron chi connectivity index (χ4n) is 5.70. The lowest BCUT2D eigenvalue weighted by atomic mass is 9.65. The van der Waals surface area contributed by atoms with Crippen LogP contribution in [0.25, 0.3) is 0 Å². The molecular formula is C23H42. The van der Waals surface area contributed by atoms with Gasteiger partial charge in [-0.15, -0.1) is 6.58 Å². The largest absolute Gasteiger partial charge is 0.103 e. The van der Waals surface area contributed by atoms with Gasteiger partial charge < -0.3 is 0 Å². The Labute approximate surface area is 146 Å². The minimum Gasteiger partial charge on any atom is -0.103 e. The van der Waals surface area contributed by atoms with E-state index < -0.39 is 0 Å². The van der Waals surface area contributed by atoms with E-state index in [2.05, 4.69) is 19.6 Å². The van der Waals surface area contributed by atoms with Crippen molar-refractivity contribution in [2.45, 2.75) is 97.8 Å². The Morgan fingerprint density at radius 2 is 0.870 bits per heavy atom. The van der Waals surface area contributed by atoms with Crippen LogP contribution in [0.1, 0.15) is 97.8 Å². The lowest BCUT2D eigenvalue weighted by Crippen LogP contribution is -2.29. The van der Waals surface area contributed by atoms with Crippen LogP contribution in [0.4, 0.5) is 0 Å². The van der Waals surface area contributed by atoms with Crippen LogP contribution >= 0.6 is 0 Å². The van der Waals surface area contributed by atoms with Crippen LogP contribution in [0, 0.1) is 35.5 Å². The van der Waals surface area contributed by atoms with Gasteiger partial charge in [-0.05, 0) is 99.7 Å². The molecule has 3 saturated carbocycles. The van der Waals surface area contributed by atoms with E-state index in [1.165, 1.54) is 38.5 Å². The van der Waals surface area contributed by atoms with E-state index in [1.807, 2.05) is 13.8 Å². The Kier molecular flexibility index (Phi) is 8.21. The molecule has 23 heavy (non-hydrogen) atoms. The summed E-state index contributed by atoms with van der Waals surface area (Å²) < 4.78 is 0. The molecule has 3 fully saturated rings. The lowest BCUT2D eigenvalue weighted by Gasteiger charge is -2.41. The van der Waals surface area contributed by atoms with Gasteiger partial charge in [-0.2, -0.15) is 0 Å². The molecule has 0 bridgehead atoms. The first-order valence-electron chi connectivity index (χ1n) is 10.9. The molecule has 0 aliphatic heterocycles. The molecular weight excluding hydrogens is 276 g/mol. The second-order valence-corrected chi connectivity index (χ2v) is 8.61. The third-order valence-corrected chi connectivity index (χ3v) is 7.36. The summed E-state index contributed by atoms with van der Waals surface area (Å²) in [6.45, 7) is 10.4. The molecule has 3 aliphatic carbocycles. The van der Waals surface area contributed by atoms with Gasteiger partial charge in [0.15, 0.2) is 0 Å². The summed E-state index contributed by atoms with van der Waals surface area (Å²) in [6.07, 6.45) is 20.4. The zero-order chi connectivity index (χ0) is 16.7. The molecule has 0 aromatic heterocycles. The van der Waals surface area contributed by atoms with Gasteiger partial charge in [0.25, 0.3) is 0 Å². The zero-order valence-corrected chi connectivity index (χ0v) is 16.2. The quantitative estimate of drug-likeness (QED) is 0.469. The fourth-order valence-corrected chi connectivity index (χ4v) is 5.70. The van der Waals surface area contributed by atoms with Crippen LogP contribution in [0.3, 0.4) is 0 Å². The van der Waals surface area contributed by atoms with Crippen molar-refractivity contribution in [2.24, 2.45) is 35.5 Å². The Balaban J connectivity index is 0.000000924. The number of allylic oxidation sites excluding steroid dienone is 1. The summed E-state index contributed by atoms with van der Waals surface area (Å²) in [6, 6.07) is 0. The zero-order valence-electron chi connectivity index (χ0n) is 16.2. The monoisotopic (exact) mass is 318 g/mol. The van der Waals surface area contributed by atoms with E-state index in [4.69, 9.17) is 0 Å². The first-order valence-corrected chi connectivity index (χ1v) is 10.9. The highest BCUT2D eigenvalue weighted by atomic mass is 14.4. The Morgan fingerprint density at radius 1 is 0.565 bits per heavy atom. The molecule has 134 valence electrons. The van der Waals surface area contributed by atoms with Crippen molar-refractivity contribution >= 4 is 0 Å². The van der Waals surface area contributed by atoms with Crippen LogP contribution in [0.2, 0.25) is 0 Å². The van der Waals surface area contributed by atoms with Crippen LogP contribution in [0.5, 0.6) is 0 Å². The molecule has 0 radical (unpaired) electrons. The highest BCUT2D eigenvalue weighted by Gasteiger charge is 2.33. The second kappa shape index (κ2) is 9.90. The van der Waals surface area contributed by atoms with E-state index in [9.17, 15) is 0 Å².